The van der Waals surface area contributed by atoms with Gasteiger partial charge < -0.3 is 4.57 Å². The van der Waals surface area contributed by atoms with Crippen molar-refractivity contribution < 1.29 is 0 Å². The van der Waals surface area contributed by atoms with Crippen molar-refractivity contribution in [2.75, 3.05) is 0 Å². The molecule has 0 saturated heterocycles. The van der Waals surface area contributed by atoms with E-state index in [2.05, 4.69) is 191 Å². The van der Waals surface area contributed by atoms with E-state index in [9.17, 15) is 0 Å². The molecular weight excluding hydrogens is 693 g/mol. The van der Waals surface area contributed by atoms with Gasteiger partial charge in [-0.2, -0.15) is 0 Å². The maximum absolute atomic E-state index is 4.68. The van der Waals surface area contributed by atoms with Crippen LogP contribution in [0.15, 0.2) is 194 Å². The van der Waals surface area contributed by atoms with Gasteiger partial charge in [0.25, 0.3) is 0 Å². The molecular formula is C53H38N4. The molecule has 0 aliphatic heterocycles. The average molecular weight is 731 g/mol. The van der Waals surface area contributed by atoms with E-state index in [1.807, 2.05) is 36.4 Å². The lowest BCUT2D eigenvalue weighted by molar-refractivity contribution is 0.660. The zero-order valence-corrected chi connectivity index (χ0v) is 31.8. The Morgan fingerprint density at radius 2 is 0.877 bits per heavy atom. The SMILES string of the molecule is CC1(C)c2ccccc2-c2ccc(-c3ccc4c(c3)c3ccc(-c5ccc(-n6c(-c7ccccc7)nnc6-c6ccccc6)cc5)cc3n4-c3ccccc3)cc21. The van der Waals surface area contributed by atoms with Crippen LogP contribution in [0.2, 0.25) is 0 Å². The normalized spacial score (nSPS) is 12.9. The molecule has 10 aromatic rings. The first-order valence-electron chi connectivity index (χ1n) is 19.6. The van der Waals surface area contributed by atoms with Crippen molar-refractivity contribution in [2.24, 2.45) is 0 Å². The summed E-state index contributed by atoms with van der Waals surface area (Å²) < 4.78 is 4.56. The van der Waals surface area contributed by atoms with Crippen LogP contribution >= 0.6 is 0 Å². The molecule has 4 heteroatoms. The molecule has 0 atom stereocenters. The molecule has 270 valence electrons. The first kappa shape index (κ1) is 33.1. The van der Waals surface area contributed by atoms with Crippen LogP contribution in [0.3, 0.4) is 0 Å². The number of nitrogens with zero attached hydrogens (tertiary/aromatic N) is 4. The number of para-hydroxylation sites is 1. The Bertz CT molecular complexity index is 3060. The molecule has 57 heavy (non-hydrogen) atoms. The Balaban J connectivity index is 1.02. The summed E-state index contributed by atoms with van der Waals surface area (Å²) >= 11 is 0. The predicted octanol–water partition coefficient (Wildman–Crippen LogP) is 13.3. The van der Waals surface area contributed by atoms with Gasteiger partial charge in [-0.25, -0.2) is 0 Å². The summed E-state index contributed by atoms with van der Waals surface area (Å²) in [4.78, 5) is 0. The van der Waals surface area contributed by atoms with Crippen molar-refractivity contribution in [3.8, 4) is 67.5 Å². The van der Waals surface area contributed by atoms with Crippen LogP contribution < -0.4 is 0 Å². The highest BCUT2D eigenvalue weighted by Crippen LogP contribution is 2.50. The fourth-order valence-corrected chi connectivity index (χ4v) is 9.00. The van der Waals surface area contributed by atoms with Gasteiger partial charge in [0, 0.05) is 38.7 Å². The monoisotopic (exact) mass is 730 g/mol. The van der Waals surface area contributed by atoms with Crippen molar-refractivity contribution in [2.45, 2.75) is 19.3 Å². The maximum atomic E-state index is 4.68. The van der Waals surface area contributed by atoms with E-state index in [-0.39, 0.29) is 5.41 Å². The molecule has 0 bridgehead atoms. The zero-order chi connectivity index (χ0) is 38.1. The molecule has 1 aliphatic carbocycles. The minimum atomic E-state index is -0.0476. The second-order valence-electron chi connectivity index (χ2n) is 15.5. The molecule has 2 aromatic heterocycles. The van der Waals surface area contributed by atoms with E-state index >= 15 is 0 Å². The molecule has 0 fully saturated rings. The summed E-state index contributed by atoms with van der Waals surface area (Å²) in [6.07, 6.45) is 0. The number of benzene rings is 8. The van der Waals surface area contributed by atoms with Gasteiger partial charge in [0.05, 0.1) is 11.0 Å². The number of hydrogen-bond acceptors (Lipinski definition) is 2. The van der Waals surface area contributed by atoms with E-state index < -0.39 is 0 Å². The minimum Gasteiger partial charge on any atom is -0.309 e. The number of rotatable bonds is 6. The maximum Gasteiger partial charge on any atom is 0.168 e. The third-order valence-electron chi connectivity index (χ3n) is 11.9. The van der Waals surface area contributed by atoms with Gasteiger partial charge >= 0.3 is 0 Å². The summed E-state index contributed by atoms with van der Waals surface area (Å²) in [6.45, 7) is 4.70. The fourth-order valence-electron chi connectivity index (χ4n) is 9.00. The quantitative estimate of drug-likeness (QED) is 0.171. The molecule has 1 aliphatic rings. The molecule has 4 nitrogen and oxygen atoms in total. The lowest BCUT2D eigenvalue weighted by Crippen LogP contribution is -2.14. The van der Waals surface area contributed by atoms with Crippen LogP contribution in [0.4, 0.5) is 0 Å². The van der Waals surface area contributed by atoms with Gasteiger partial charge in [-0.1, -0.05) is 159 Å². The Hall–Kier alpha value is -7.30. The summed E-state index contributed by atoms with van der Waals surface area (Å²) in [7, 11) is 0. The molecule has 8 aromatic carbocycles. The van der Waals surface area contributed by atoms with Crippen molar-refractivity contribution in [3.05, 3.63) is 205 Å². The van der Waals surface area contributed by atoms with Gasteiger partial charge in [-0.05, 0) is 93.0 Å². The molecule has 0 saturated carbocycles. The molecule has 0 N–H and O–H groups in total. The van der Waals surface area contributed by atoms with Crippen LogP contribution in [-0.4, -0.2) is 19.3 Å². The topological polar surface area (TPSA) is 35.6 Å². The fraction of sp³-hybridized carbons (Fsp3) is 0.0566. The van der Waals surface area contributed by atoms with Crippen molar-refractivity contribution in [3.63, 3.8) is 0 Å². The van der Waals surface area contributed by atoms with Crippen LogP contribution in [0.25, 0.3) is 89.3 Å². The third-order valence-corrected chi connectivity index (χ3v) is 11.9. The van der Waals surface area contributed by atoms with Crippen molar-refractivity contribution in [1.82, 2.24) is 19.3 Å². The summed E-state index contributed by atoms with van der Waals surface area (Å²) in [5, 5.41) is 11.8. The van der Waals surface area contributed by atoms with Gasteiger partial charge in [0.15, 0.2) is 11.6 Å². The smallest absolute Gasteiger partial charge is 0.168 e. The van der Waals surface area contributed by atoms with Gasteiger partial charge in [0.2, 0.25) is 0 Å². The van der Waals surface area contributed by atoms with E-state index in [0.717, 1.165) is 45.3 Å². The third kappa shape index (κ3) is 5.29. The second kappa shape index (κ2) is 12.9. The van der Waals surface area contributed by atoms with E-state index in [1.54, 1.807) is 0 Å². The molecule has 0 spiro atoms. The van der Waals surface area contributed by atoms with Crippen LogP contribution in [0.1, 0.15) is 25.0 Å². The van der Waals surface area contributed by atoms with Gasteiger partial charge in [0.1, 0.15) is 0 Å². The number of hydrogen-bond donors (Lipinski definition) is 0. The van der Waals surface area contributed by atoms with Gasteiger partial charge in [-0.15, -0.1) is 10.2 Å². The highest BCUT2D eigenvalue weighted by Gasteiger charge is 2.35. The summed E-state index contributed by atoms with van der Waals surface area (Å²) in [6, 6.07) is 69.8. The largest absolute Gasteiger partial charge is 0.309 e. The van der Waals surface area contributed by atoms with Crippen molar-refractivity contribution >= 4 is 21.8 Å². The van der Waals surface area contributed by atoms with Crippen LogP contribution in [0.5, 0.6) is 0 Å². The molecule has 0 radical (unpaired) electrons. The average Bonchev–Trinajstić information content (AvgIpc) is 3.93. The molecule has 11 rings (SSSR count). The van der Waals surface area contributed by atoms with Gasteiger partial charge in [-0.3, -0.25) is 4.57 Å². The van der Waals surface area contributed by atoms with Crippen molar-refractivity contribution in [1.29, 1.82) is 0 Å². The number of aromatic nitrogens is 4. The van der Waals surface area contributed by atoms with Crippen LogP contribution in [0, 0.1) is 0 Å². The molecule has 2 heterocycles. The Labute approximate surface area is 332 Å². The van der Waals surface area contributed by atoms with Crippen LogP contribution in [-0.2, 0) is 5.41 Å². The summed E-state index contributed by atoms with van der Waals surface area (Å²) in [5.41, 5.74) is 16.8. The predicted molar refractivity (Wildman–Crippen MR) is 235 cm³/mol. The van der Waals surface area contributed by atoms with E-state index in [1.165, 1.54) is 55.2 Å². The highest BCUT2D eigenvalue weighted by atomic mass is 15.3. The zero-order valence-electron chi connectivity index (χ0n) is 31.8. The minimum absolute atomic E-state index is 0.0476. The van der Waals surface area contributed by atoms with E-state index in [4.69, 9.17) is 0 Å². The lowest BCUT2D eigenvalue weighted by Gasteiger charge is -2.22. The second-order valence-corrected chi connectivity index (χ2v) is 15.5. The lowest BCUT2D eigenvalue weighted by atomic mass is 9.81. The first-order chi connectivity index (χ1) is 28.0. The highest BCUT2D eigenvalue weighted by molar-refractivity contribution is 6.11. The standard InChI is InChI=1S/C53H38N4/c1-53(2)47-21-13-12-20-43(47)44-29-24-39(33-48(44)53)38-26-31-49-46(32-38)45-30-25-40(34-50(45)56(49)41-18-10-5-11-19-41)35-22-27-42(28-23-35)57-51(36-14-6-3-7-15-36)54-55-52(57)37-16-8-4-9-17-37/h3-34H,1-2H3. The van der Waals surface area contributed by atoms with E-state index in [0.29, 0.717) is 0 Å². The molecule has 0 amide bonds. The number of fused-ring (bicyclic) bond motifs is 6. The summed E-state index contributed by atoms with van der Waals surface area (Å²) in [5.74, 6) is 1.62. The first-order valence-corrected chi connectivity index (χ1v) is 19.6. The Morgan fingerprint density at radius 3 is 1.58 bits per heavy atom. The Morgan fingerprint density at radius 1 is 0.351 bits per heavy atom. The molecule has 0 unspecified atom stereocenters. The Kier molecular flexibility index (Phi) is 7.48.